The molecular formula is C13H17ClN2O2. The van der Waals surface area contributed by atoms with E-state index in [1.165, 1.54) is 5.56 Å². The maximum Gasteiger partial charge on any atom is 0.179 e. The number of rotatable bonds is 3. The molecule has 2 heterocycles. The Balaban J connectivity index is 1.77. The van der Waals surface area contributed by atoms with Gasteiger partial charge >= 0.3 is 0 Å². The van der Waals surface area contributed by atoms with Crippen LogP contribution in [0.15, 0.2) is 12.1 Å². The molecular weight excluding hydrogens is 252 g/mol. The van der Waals surface area contributed by atoms with Crippen LogP contribution in [0.1, 0.15) is 5.56 Å². The van der Waals surface area contributed by atoms with Crippen LogP contribution < -0.4 is 14.8 Å². The van der Waals surface area contributed by atoms with Gasteiger partial charge in [0.25, 0.3) is 0 Å². The fourth-order valence-electron chi connectivity index (χ4n) is 2.26. The molecule has 1 saturated heterocycles. The Bertz CT molecular complexity index is 449. The third-order valence-electron chi connectivity index (χ3n) is 3.47. The zero-order chi connectivity index (χ0) is 12.5. The zero-order valence-corrected chi connectivity index (χ0v) is 11.2. The standard InChI is InChI=1S/C13H17ClN2O2/c1-16(10-6-15-7-10)8-9-4-11(14)13-12(5-9)17-2-3-18-13/h4-5,10,15H,2-3,6-8H2,1H3. The molecule has 0 unspecified atom stereocenters. The molecule has 0 radical (unpaired) electrons. The summed E-state index contributed by atoms with van der Waals surface area (Å²) in [5.74, 6) is 1.45. The maximum atomic E-state index is 6.22. The Hall–Kier alpha value is -0.970. The van der Waals surface area contributed by atoms with Crippen LogP contribution in [0.2, 0.25) is 5.02 Å². The number of hydrogen-bond donors (Lipinski definition) is 1. The molecule has 0 amide bonds. The van der Waals surface area contributed by atoms with Gasteiger partial charge in [-0.15, -0.1) is 0 Å². The number of benzene rings is 1. The molecule has 18 heavy (non-hydrogen) atoms. The Morgan fingerprint density at radius 1 is 1.33 bits per heavy atom. The summed E-state index contributed by atoms with van der Waals surface area (Å²) in [6.45, 7) is 4.17. The molecule has 1 aromatic carbocycles. The molecule has 0 saturated carbocycles. The van der Waals surface area contributed by atoms with E-state index < -0.39 is 0 Å². The van der Waals surface area contributed by atoms with Crippen LogP contribution in [0.5, 0.6) is 11.5 Å². The number of halogens is 1. The van der Waals surface area contributed by atoms with Crippen molar-refractivity contribution in [1.29, 1.82) is 0 Å². The van der Waals surface area contributed by atoms with Gasteiger partial charge < -0.3 is 14.8 Å². The van der Waals surface area contributed by atoms with Gasteiger partial charge in [0.1, 0.15) is 13.2 Å². The van der Waals surface area contributed by atoms with E-state index in [0.29, 0.717) is 30.0 Å². The predicted molar refractivity (Wildman–Crippen MR) is 70.6 cm³/mol. The van der Waals surface area contributed by atoms with E-state index in [2.05, 4.69) is 17.3 Å². The second-order valence-corrected chi connectivity index (χ2v) is 5.24. The molecule has 3 rings (SSSR count). The zero-order valence-electron chi connectivity index (χ0n) is 10.4. The third kappa shape index (κ3) is 2.28. The Morgan fingerprint density at radius 3 is 2.83 bits per heavy atom. The van der Waals surface area contributed by atoms with Gasteiger partial charge in [0.15, 0.2) is 11.5 Å². The van der Waals surface area contributed by atoms with Gasteiger partial charge in [-0.25, -0.2) is 0 Å². The highest BCUT2D eigenvalue weighted by atomic mass is 35.5. The van der Waals surface area contributed by atoms with Crippen LogP contribution in [0, 0.1) is 0 Å². The van der Waals surface area contributed by atoms with Gasteiger partial charge in [-0.1, -0.05) is 11.6 Å². The van der Waals surface area contributed by atoms with Crippen molar-refractivity contribution in [3.05, 3.63) is 22.7 Å². The van der Waals surface area contributed by atoms with E-state index in [0.717, 1.165) is 25.4 Å². The average Bonchev–Trinajstić information content (AvgIpc) is 2.26. The highest BCUT2D eigenvalue weighted by Crippen LogP contribution is 2.38. The van der Waals surface area contributed by atoms with Crippen LogP contribution >= 0.6 is 11.6 Å². The minimum absolute atomic E-state index is 0.569. The van der Waals surface area contributed by atoms with Gasteiger partial charge in [0, 0.05) is 25.7 Å². The number of nitrogens with one attached hydrogen (secondary N) is 1. The fraction of sp³-hybridized carbons (Fsp3) is 0.538. The molecule has 1 N–H and O–H groups in total. The topological polar surface area (TPSA) is 33.7 Å². The Kier molecular flexibility index (Phi) is 3.33. The molecule has 1 aromatic rings. The van der Waals surface area contributed by atoms with Crippen LogP contribution in [0.4, 0.5) is 0 Å². The average molecular weight is 269 g/mol. The lowest BCUT2D eigenvalue weighted by Gasteiger charge is -2.35. The second-order valence-electron chi connectivity index (χ2n) is 4.83. The molecule has 0 bridgehead atoms. The lowest BCUT2D eigenvalue weighted by molar-refractivity contribution is 0.166. The summed E-state index contributed by atoms with van der Waals surface area (Å²) in [5, 5.41) is 3.92. The van der Waals surface area contributed by atoms with Crippen LogP contribution in [0.25, 0.3) is 0 Å². The van der Waals surface area contributed by atoms with Gasteiger partial charge in [0.2, 0.25) is 0 Å². The highest BCUT2D eigenvalue weighted by molar-refractivity contribution is 6.32. The first-order valence-corrected chi connectivity index (χ1v) is 6.61. The van der Waals surface area contributed by atoms with Gasteiger partial charge in [0.05, 0.1) is 5.02 Å². The highest BCUT2D eigenvalue weighted by Gasteiger charge is 2.22. The van der Waals surface area contributed by atoms with E-state index >= 15 is 0 Å². The first kappa shape index (κ1) is 12.1. The Labute approximate surface area is 112 Å². The van der Waals surface area contributed by atoms with E-state index in [-0.39, 0.29) is 0 Å². The Morgan fingerprint density at radius 2 is 2.11 bits per heavy atom. The molecule has 4 nitrogen and oxygen atoms in total. The predicted octanol–water partition coefficient (Wildman–Crippen LogP) is 1.51. The number of hydrogen-bond acceptors (Lipinski definition) is 4. The summed E-state index contributed by atoms with van der Waals surface area (Å²) >= 11 is 6.22. The number of ether oxygens (including phenoxy) is 2. The van der Waals surface area contributed by atoms with E-state index in [4.69, 9.17) is 21.1 Å². The normalized spacial score (nSPS) is 18.8. The first-order chi connectivity index (χ1) is 8.74. The molecule has 5 heteroatoms. The van der Waals surface area contributed by atoms with E-state index in [1.54, 1.807) is 0 Å². The van der Waals surface area contributed by atoms with E-state index in [9.17, 15) is 0 Å². The largest absolute Gasteiger partial charge is 0.486 e. The number of fused-ring (bicyclic) bond motifs is 1. The molecule has 1 fully saturated rings. The monoisotopic (exact) mass is 268 g/mol. The van der Waals surface area contributed by atoms with Crippen molar-refractivity contribution in [1.82, 2.24) is 10.2 Å². The van der Waals surface area contributed by atoms with Crippen LogP contribution in [0.3, 0.4) is 0 Å². The van der Waals surface area contributed by atoms with Gasteiger partial charge in [-0.3, -0.25) is 4.90 Å². The molecule has 0 aliphatic carbocycles. The first-order valence-electron chi connectivity index (χ1n) is 6.23. The second kappa shape index (κ2) is 4.96. The lowest BCUT2D eigenvalue weighted by atomic mass is 10.1. The van der Waals surface area contributed by atoms with Crippen LogP contribution in [-0.2, 0) is 6.54 Å². The number of likely N-dealkylation sites (N-methyl/N-ethyl adjacent to an activating group) is 1. The van der Waals surface area contributed by atoms with Crippen molar-refractivity contribution in [2.24, 2.45) is 0 Å². The fourth-order valence-corrected chi connectivity index (χ4v) is 2.55. The maximum absolute atomic E-state index is 6.22. The van der Waals surface area contributed by atoms with Crippen LogP contribution in [-0.4, -0.2) is 44.3 Å². The van der Waals surface area contributed by atoms with Crippen molar-refractivity contribution in [2.45, 2.75) is 12.6 Å². The van der Waals surface area contributed by atoms with E-state index in [1.807, 2.05) is 12.1 Å². The third-order valence-corrected chi connectivity index (χ3v) is 3.75. The van der Waals surface area contributed by atoms with Crippen molar-refractivity contribution in [3.63, 3.8) is 0 Å². The molecule has 0 spiro atoms. The lowest BCUT2D eigenvalue weighted by Crippen LogP contribution is -2.55. The van der Waals surface area contributed by atoms with Gasteiger partial charge in [-0.2, -0.15) is 0 Å². The van der Waals surface area contributed by atoms with Crippen molar-refractivity contribution in [2.75, 3.05) is 33.4 Å². The van der Waals surface area contributed by atoms with Crippen molar-refractivity contribution >= 4 is 11.6 Å². The molecule has 0 atom stereocenters. The molecule has 98 valence electrons. The molecule has 2 aliphatic rings. The minimum Gasteiger partial charge on any atom is -0.486 e. The summed E-state index contributed by atoms with van der Waals surface area (Å²) in [5.41, 5.74) is 1.17. The van der Waals surface area contributed by atoms with Crippen molar-refractivity contribution in [3.8, 4) is 11.5 Å². The SMILES string of the molecule is CN(Cc1cc(Cl)c2c(c1)OCCO2)C1CNC1. The summed E-state index contributed by atoms with van der Waals surface area (Å²) in [6, 6.07) is 4.62. The summed E-state index contributed by atoms with van der Waals surface area (Å²) in [7, 11) is 2.14. The quantitative estimate of drug-likeness (QED) is 0.901. The summed E-state index contributed by atoms with van der Waals surface area (Å²) in [4.78, 5) is 2.33. The smallest absolute Gasteiger partial charge is 0.179 e. The molecule has 2 aliphatic heterocycles. The van der Waals surface area contributed by atoms with Crippen molar-refractivity contribution < 1.29 is 9.47 Å². The number of nitrogens with zero attached hydrogens (tertiary/aromatic N) is 1. The minimum atomic E-state index is 0.569. The molecule has 0 aromatic heterocycles. The summed E-state index contributed by atoms with van der Waals surface area (Å²) in [6.07, 6.45) is 0. The summed E-state index contributed by atoms with van der Waals surface area (Å²) < 4.78 is 11.1. The van der Waals surface area contributed by atoms with Gasteiger partial charge in [-0.05, 0) is 24.7 Å².